The first-order valence-electron chi connectivity index (χ1n) is 8.71. The zero-order valence-electron chi connectivity index (χ0n) is 14.3. The van der Waals surface area contributed by atoms with E-state index in [4.69, 9.17) is 0 Å². The van der Waals surface area contributed by atoms with Crippen LogP contribution in [0.15, 0.2) is 43.0 Å². The van der Waals surface area contributed by atoms with Crippen molar-refractivity contribution >= 4 is 17.5 Å². The third kappa shape index (κ3) is 2.83. The number of aromatic nitrogens is 2. The van der Waals surface area contributed by atoms with Gasteiger partial charge in [-0.3, -0.25) is 9.59 Å². The Kier molecular flexibility index (Phi) is 4.14. The molecular weight excluding hydrogens is 335 g/mol. The monoisotopic (exact) mass is 354 g/mol. The first-order chi connectivity index (χ1) is 12.6. The Bertz CT molecular complexity index is 817. The van der Waals surface area contributed by atoms with E-state index in [0.717, 1.165) is 12.1 Å². The molecule has 134 valence electrons. The molecule has 0 aliphatic carbocycles. The lowest BCUT2D eigenvalue weighted by atomic mass is 9.77. The SMILES string of the molecule is O=C(c1ccc(F)cc1)N1CCC2(CC1)CCN(c1cncnc1)C2=O. The van der Waals surface area contributed by atoms with E-state index in [0.29, 0.717) is 38.0 Å². The summed E-state index contributed by atoms with van der Waals surface area (Å²) in [6.07, 6.45) is 6.80. The van der Waals surface area contributed by atoms with Crippen LogP contribution in [0.4, 0.5) is 10.1 Å². The van der Waals surface area contributed by atoms with Gasteiger partial charge in [0.05, 0.1) is 23.5 Å². The second kappa shape index (κ2) is 6.48. The Labute approximate surface area is 150 Å². The second-order valence-corrected chi connectivity index (χ2v) is 6.88. The van der Waals surface area contributed by atoms with Crippen molar-refractivity contribution in [3.8, 4) is 0 Å². The van der Waals surface area contributed by atoms with Gasteiger partial charge in [-0.2, -0.15) is 0 Å². The van der Waals surface area contributed by atoms with Gasteiger partial charge in [-0.15, -0.1) is 0 Å². The molecule has 7 heteroatoms. The molecule has 4 rings (SSSR count). The highest BCUT2D eigenvalue weighted by molar-refractivity contribution is 6.00. The summed E-state index contributed by atoms with van der Waals surface area (Å²) in [5, 5.41) is 0. The number of hydrogen-bond acceptors (Lipinski definition) is 4. The lowest BCUT2D eigenvalue weighted by molar-refractivity contribution is -0.127. The van der Waals surface area contributed by atoms with Gasteiger partial charge >= 0.3 is 0 Å². The first-order valence-corrected chi connectivity index (χ1v) is 8.71. The Morgan fingerprint density at radius 3 is 2.27 bits per heavy atom. The van der Waals surface area contributed by atoms with Gasteiger partial charge < -0.3 is 9.80 Å². The lowest BCUT2D eigenvalue weighted by Crippen LogP contribution is -2.46. The number of likely N-dealkylation sites (tertiary alicyclic amines) is 1. The summed E-state index contributed by atoms with van der Waals surface area (Å²) in [7, 11) is 0. The average Bonchev–Trinajstić information content (AvgIpc) is 2.99. The third-order valence-corrected chi connectivity index (χ3v) is 5.47. The van der Waals surface area contributed by atoms with Crippen LogP contribution in [0.25, 0.3) is 0 Å². The van der Waals surface area contributed by atoms with Crippen molar-refractivity contribution in [1.29, 1.82) is 0 Å². The number of hydrogen-bond donors (Lipinski definition) is 0. The van der Waals surface area contributed by atoms with E-state index in [1.807, 2.05) is 0 Å². The number of piperidine rings is 1. The largest absolute Gasteiger partial charge is 0.339 e. The maximum absolute atomic E-state index is 13.0. The summed E-state index contributed by atoms with van der Waals surface area (Å²) in [4.78, 5) is 37.0. The molecule has 0 radical (unpaired) electrons. The number of rotatable bonds is 2. The van der Waals surface area contributed by atoms with Gasteiger partial charge in [-0.25, -0.2) is 14.4 Å². The van der Waals surface area contributed by atoms with Crippen LogP contribution >= 0.6 is 0 Å². The van der Waals surface area contributed by atoms with Gasteiger partial charge in [0.15, 0.2) is 0 Å². The van der Waals surface area contributed by atoms with Crippen LogP contribution in [0, 0.1) is 11.2 Å². The van der Waals surface area contributed by atoms with E-state index in [-0.39, 0.29) is 17.6 Å². The number of nitrogens with zero attached hydrogens (tertiary/aromatic N) is 4. The highest BCUT2D eigenvalue weighted by atomic mass is 19.1. The van der Waals surface area contributed by atoms with E-state index < -0.39 is 5.41 Å². The third-order valence-electron chi connectivity index (χ3n) is 5.47. The first kappa shape index (κ1) is 16.6. The molecule has 2 aliphatic rings. The number of amides is 2. The molecule has 0 N–H and O–H groups in total. The van der Waals surface area contributed by atoms with E-state index in [9.17, 15) is 14.0 Å². The average molecular weight is 354 g/mol. The predicted molar refractivity (Wildman–Crippen MR) is 93.0 cm³/mol. The van der Waals surface area contributed by atoms with Gasteiger partial charge in [0.2, 0.25) is 5.91 Å². The quantitative estimate of drug-likeness (QED) is 0.830. The Balaban J connectivity index is 1.44. The molecule has 0 bridgehead atoms. The Hall–Kier alpha value is -2.83. The lowest BCUT2D eigenvalue weighted by Gasteiger charge is -2.38. The van der Waals surface area contributed by atoms with Crippen LogP contribution in [0.2, 0.25) is 0 Å². The molecule has 26 heavy (non-hydrogen) atoms. The predicted octanol–water partition coefficient (Wildman–Crippen LogP) is 2.28. The minimum absolute atomic E-state index is 0.0983. The van der Waals surface area contributed by atoms with Crippen molar-refractivity contribution in [2.75, 3.05) is 24.5 Å². The van der Waals surface area contributed by atoms with Crippen molar-refractivity contribution in [3.63, 3.8) is 0 Å². The molecule has 1 aromatic carbocycles. The molecule has 0 saturated carbocycles. The summed E-state index contributed by atoms with van der Waals surface area (Å²) >= 11 is 0. The fourth-order valence-corrected chi connectivity index (χ4v) is 3.87. The van der Waals surface area contributed by atoms with Crippen molar-refractivity contribution in [3.05, 3.63) is 54.4 Å². The highest BCUT2D eigenvalue weighted by Gasteiger charge is 2.49. The van der Waals surface area contributed by atoms with Crippen molar-refractivity contribution in [2.24, 2.45) is 5.41 Å². The highest BCUT2D eigenvalue weighted by Crippen LogP contribution is 2.43. The summed E-state index contributed by atoms with van der Waals surface area (Å²) in [5.41, 5.74) is 0.789. The maximum Gasteiger partial charge on any atom is 0.253 e. The molecule has 3 heterocycles. The second-order valence-electron chi connectivity index (χ2n) is 6.88. The minimum Gasteiger partial charge on any atom is -0.339 e. The van der Waals surface area contributed by atoms with E-state index in [1.165, 1.54) is 30.6 Å². The van der Waals surface area contributed by atoms with Crippen LogP contribution in [-0.4, -0.2) is 46.3 Å². The number of halogens is 1. The van der Waals surface area contributed by atoms with Crippen molar-refractivity contribution < 1.29 is 14.0 Å². The number of benzene rings is 1. The molecular formula is C19H19FN4O2. The summed E-state index contributed by atoms with van der Waals surface area (Å²) in [6.45, 7) is 1.71. The molecule has 2 amide bonds. The molecule has 0 unspecified atom stereocenters. The maximum atomic E-state index is 13.0. The Morgan fingerprint density at radius 2 is 1.62 bits per heavy atom. The minimum atomic E-state index is -0.407. The molecule has 2 fully saturated rings. The molecule has 2 aliphatic heterocycles. The van der Waals surface area contributed by atoms with Crippen LogP contribution in [0.5, 0.6) is 0 Å². The Morgan fingerprint density at radius 1 is 1.00 bits per heavy atom. The summed E-state index contributed by atoms with van der Waals surface area (Å²) in [5.74, 6) is -0.375. The van der Waals surface area contributed by atoms with Gasteiger partial charge in [-0.1, -0.05) is 0 Å². The molecule has 6 nitrogen and oxygen atoms in total. The normalized spacial score (nSPS) is 19.2. The van der Waals surface area contributed by atoms with Gasteiger partial charge in [0, 0.05) is 25.2 Å². The van der Waals surface area contributed by atoms with E-state index in [1.54, 1.807) is 22.2 Å². The standard InChI is InChI=1S/C19H19FN4O2/c20-15-3-1-14(2-4-15)17(25)23-8-5-19(6-9-23)7-10-24(18(19)26)16-11-21-13-22-12-16/h1-4,11-13H,5-10H2. The zero-order valence-corrected chi connectivity index (χ0v) is 14.3. The van der Waals surface area contributed by atoms with Gasteiger partial charge in [0.1, 0.15) is 12.1 Å². The molecule has 0 atom stereocenters. The smallest absolute Gasteiger partial charge is 0.253 e. The van der Waals surface area contributed by atoms with Crippen LogP contribution in [0.1, 0.15) is 29.6 Å². The molecule has 2 saturated heterocycles. The number of carbonyl (C=O) groups excluding carboxylic acids is 2. The van der Waals surface area contributed by atoms with Gasteiger partial charge in [0.25, 0.3) is 5.91 Å². The fourth-order valence-electron chi connectivity index (χ4n) is 3.87. The van der Waals surface area contributed by atoms with E-state index >= 15 is 0 Å². The summed E-state index contributed by atoms with van der Waals surface area (Å²) in [6, 6.07) is 5.58. The molecule has 1 aromatic heterocycles. The van der Waals surface area contributed by atoms with Crippen molar-refractivity contribution in [2.45, 2.75) is 19.3 Å². The number of anilines is 1. The van der Waals surface area contributed by atoms with Crippen LogP contribution in [0.3, 0.4) is 0 Å². The number of carbonyl (C=O) groups is 2. The molecule has 2 aromatic rings. The molecule has 1 spiro atoms. The van der Waals surface area contributed by atoms with Crippen LogP contribution in [-0.2, 0) is 4.79 Å². The van der Waals surface area contributed by atoms with Crippen LogP contribution < -0.4 is 4.90 Å². The topological polar surface area (TPSA) is 66.4 Å². The van der Waals surface area contributed by atoms with Gasteiger partial charge in [-0.05, 0) is 43.5 Å². The van der Waals surface area contributed by atoms with Crippen molar-refractivity contribution in [1.82, 2.24) is 14.9 Å². The zero-order chi connectivity index (χ0) is 18.1. The fraction of sp³-hybridized carbons (Fsp3) is 0.368. The van der Waals surface area contributed by atoms with E-state index in [2.05, 4.69) is 9.97 Å². The summed E-state index contributed by atoms with van der Waals surface area (Å²) < 4.78 is 13.0.